The first-order valence-corrected chi connectivity index (χ1v) is 6.07. The molecule has 2 aromatic rings. The van der Waals surface area contributed by atoms with E-state index in [0.29, 0.717) is 5.71 Å². The van der Waals surface area contributed by atoms with Crippen LogP contribution >= 0.6 is 0 Å². The average molecular weight is 239 g/mol. The summed E-state index contributed by atoms with van der Waals surface area (Å²) in [6.45, 7) is 4.85. The van der Waals surface area contributed by atoms with E-state index in [1.165, 1.54) is 0 Å². The molecule has 1 aromatic carbocycles. The summed E-state index contributed by atoms with van der Waals surface area (Å²) < 4.78 is 0. The Morgan fingerprint density at radius 1 is 1.28 bits per heavy atom. The molecule has 1 aromatic heterocycles. The van der Waals surface area contributed by atoms with E-state index in [0.717, 1.165) is 29.1 Å². The second kappa shape index (κ2) is 5.45. The Kier molecular flexibility index (Phi) is 3.72. The molecule has 0 fully saturated rings. The van der Waals surface area contributed by atoms with Crippen LogP contribution in [0.3, 0.4) is 0 Å². The lowest BCUT2D eigenvalue weighted by molar-refractivity contribution is 1.15. The first-order valence-electron chi connectivity index (χ1n) is 6.07. The lowest BCUT2D eigenvalue weighted by Crippen LogP contribution is -2.09. The summed E-state index contributed by atoms with van der Waals surface area (Å²) in [6.07, 6.45) is 1.74. The van der Waals surface area contributed by atoms with Crippen LogP contribution in [0, 0.1) is 12.3 Å². The Morgan fingerprint density at radius 3 is 2.83 bits per heavy atom. The zero-order chi connectivity index (χ0) is 13.0. The zero-order valence-corrected chi connectivity index (χ0v) is 10.7. The molecule has 0 atom stereocenters. The summed E-state index contributed by atoms with van der Waals surface area (Å²) in [5, 5.41) is 11.5. The number of aryl methyl sites for hydroxylation is 1. The maximum absolute atomic E-state index is 8.31. The van der Waals surface area contributed by atoms with Crippen LogP contribution in [0.5, 0.6) is 0 Å². The Bertz CT molecular complexity index is 561. The maximum atomic E-state index is 8.31. The van der Waals surface area contributed by atoms with Crippen molar-refractivity contribution in [1.29, 1.82) is 5.41 Å². The molecule has 3 heteroatoms. The standard InChI is InChI=1S/C15H17N3/c1-3-17-15-13(8-5-9-18-15)14(16)12-7-4-6-11(2)10-12/h4-10,16H,3H2,1-2H3,(H,17,18). The van der Waals surface area contributed by atoms with E-state index < -0.39 is 0 Å². The highest BCUT2D eigenvalue weighted by atomic mass is 15.0. The molecule has 0 aliphatic heterocycles. The van der Waals surface area contributed by atoms with Gasteiger partial charge in [-0.05, 0) is 32.0 Å². The fraction of sp³-hybridized carbons (Fsp3) is 0.200. The predicted octanol–water partition coefficient (Wildman–Crippen LogP) is 3.24. The monoisotopic (exact) mass is 239 g/mol. The van der Waals surface area contributed by atoms with Gasteiger partial charge >= 0.3 is 0 Å². The third kappa shape index (κ3) is 2.56. The Hall–Kier alpha value is -2.16. The van der Waals surface area contributed by atoms with Crippen LogP contribution in [-0.2, 0) is 0 Å². The van der Waals surface area contributed by atoms with E-state index in [9.17, 15) is 0 Å². The van der Waals surface area contributed by atoms with Crippen molar-refractivity contribution >= 4 is 11.5 Å². The minimum Gasteiger partial charge on any atom is -0.370 e. The first kappa shape index (κ1) is 12.3. The van der Waals surface area contributed by atoms with Crippen molar-refractivity contribution in [2.75, 3.05) is 11.9 Å². The maximum Gasteiger partial charge on any atom is 0.135 e. The fourth-order valence-corrected chi connectivity index (χ4v) is 1.87. The molecule has 0 aliphatic rings. The second-order valence-electron chi connectivity index (χ2n) is 4.17. The van der Waals surface area contributed by atoms with E-state index in [1.807, 2.05) is 50.2 Å². The van der Waals surface area contributed by atoms with Crippen molar-refractivity contribution in [2.45, 2.75) is 13.8 Å². The molecule has 2 rings (SSSR count). The molecule has 0 unspecified atom stereocenters. The largest absolute Gasteiger partial charge is 0.370 e. The van der Waals surface area contributed by atoms with Gasteiger partial charge in [-0.15, -0.1) is 0 Å². The number of nitrogens with one attached hydrogen (secondary N) is 2. The van der Waals surface area contributed by atoms with Crippen LogP contribution < -0.4 is 5.32 Å². The highest BCUT2D eigenvalue weighted by Gasteiger charge is 2.10. The fourth-order valence-electron chi connectivity index (χ4n) is 1.87. The smallest absolute Gasteiger partial charge is 0.135 e. The molecule has 0 bridgehead atoms. The molecule has 0 radical (unpaired) electrons. The number of benzene rings is 1. The lowest BCUT2D eigenvalue weighted by atomic mass is 10.0. The molecule has 0 amide bonds. The summed E-state index contributed by atoms with van der Waals surface area (Å²) in [4.78, 5) is 4.29. The second-order valence-corrected chi connectivity index (χ2v) is 4.17. The molecule has 3 nitrogen and oxygen atoms in total. The number of rotatable bonds is 4. The minimum atomic E-state index is 0.503. The Labute approximate surface area is 107 Å². The topological polar surface area (TPSA) is 48.8 Å². The summed E-state index contributed by atoms with van der Waals surface area (Å²) in [5.41, 5.74) is 3.42. The van der Waals surface area contributed by atoms with Crippen molar-refractivity contribution in [3.05, 3.63) is 59.3 Å². The van der Waals surface area contributed by atoms with Gasteiger partial charge in [0.05, 0.1) is 5.71 Å². The van der Waals surface area contributed by atoms with Gasteiger partial charge in [0.25, 0.3) is 0 Å². The van der Waals surface area contributed by atoms with E-state index in [2.05, 4.69) is 10.3 Å². The van der Waals surface area contributed by atoms with Gasteiger partial charge in [0.2, 0.25) is 0 Å². The highest BCUT2D eigenvalue weighted by Crippen LogP contribution is 2.17. The summed E-state index contributed by atoms with van der Waals surface area (Å²) in [7, 11) is 0. The van der Waals surface area contributed by atoms with Crippen LogP contribution in [0.15, 0.2) is 42.6 Å². The van der Waals surface area contributed by atoms with Gasteiger partial charge in [-0.2, -0.15) is 0 Å². The molecular formula is C15H17N3. The van der Waals surface area contributed by atoms with Crippen molar-refractivity contribution in [2.24, 2.45) is 0 Å². The predicted molar refractivity (Wildman–Crippen MR) is 75.5 cm³/mol. The Morgan fingerprint density at radius 2 is 2.11 bits per heavy atom. The van der Waals surface area contributed by atoms with Gasteiger partial charge < -0.3 is 5.32 Å². The molecular weight excluding hydrogens is 222 g/mol. The summed E-state index contributed by atoms with van der Waals surface area (Å²) in [5.74, 6) is 0.770. The average Bonchev–Trinajstić information content (AvgIpc) is 2.39. The van der Waals surface area contributed by atoms with Gasteiger partial charge in [-0.1, -0.05) is 23.8 Å². The van der Waals surface area contributed by atoms with Gasteiger partial charge in [0.15, 0.2) is 0 Å². The van der Waals surface area contributed by atoms with Crippen molar-refractivity contribution < 1.29 is 0 Å². The van der Waals surface area contributed by atoms with E-state index >= 15 is 0 Å². The summed E-state index contributed by atoms with van der Waals surface area (Å²) in [6, 6.07) is 11.8. The molecule has 18 heavy (non-hydrogen) atoms. The SMILES string of the molecule is CCNc1ncccc1C(=N)c1cccc(C)c1. The molecule has 1 heterocycles. The van der Waals surface area contributed by atoms with Crippen LogP contribution in [-0.4, -0.2) is 17.2 Å². The van der Waals surface area contributed by atoms with Gasteiger partial charge in [-0.25, -0.2) is 4.98 Å². The van der Waals surface area contributed by atoms with Gasteiger partial charge in [0, 0.05) is 23.9 Å². The third-order valence-corrected chi connectivity index (χ3v) is 2.73. The van der Waals surface area contributed by atoms with Crippen LogP contribution in [0.1, 0.15) is 23.6 Å². The van der Waals surface area contributed by atoms with E-state index in [4.69, 9.17) is 5.41 Å². The third-order valence-electron chi connectivity index (χ3n) is 2.73. The van der Waals surface area contributed by atoms with E-state index in [1.54, 1.807) is 6.20 Å². The van der Waals surface area contributed by atoms with Crippen LogP contribution in [0.4, 0.5) is 5.82 Å². The highest BCUT2D eigenvalue weighted by molar-refractivity contribution is 6.13. The minimum absolute atomic E-state index is 0.503. The number of aromatic nitrogens is 1. The quantitative estimate of drug-likeness (QED) is 0.805. The zero-order valence-electron chi connectivity index (χ0n) is 10.7. The van der Waals surface area contributed by atoms with Crippen molar-refractivity contribution in [3.63, 3.8) is 0 Å². The van der Waals surface area contributed by atoms with Gasteiger partial charge in [0.1, 0.15) is 5.82 Å². The number of hydrogen-bond donors (Lipinski definition) is 2. The van der Waals surface area contributed by atoms with Crippen LogP contribution in [0.25, 0.3) is 0 Å². The number of pyridine rings is 1. The van der Waals surface area contributed by atoms with E-state index in [-0.39, 0.29) is 0 Å². The molecule has 0 saturated heterocycles. The van der Waals surface area contributed by atoms with Crippen molar-refractivity contribution in [1.82, 2.24) is 4.98 Å². The normalized spacial score (nSPS) is 10.1. The van der Waals surface area contributed by atoms with Crippen LogP contribution in [0.2, 0.25) is 0 Å². The lowest BCUT2D eigenvalue weighted by Gasteiger charge is -2.11. The summed E-state index contributed by atoms with van der Waals surface area (Å²) >= 11 is 0. The molecule has 0 aliphatic carbocycles. The molecule has 92 valence electrons. The molecule has 2 N–H and O–H groups in total. The first-order chi connectivity index (χ1) is 8.72. The van der Waals surface area contributed by atoms with Crippen molar-refractivity contribution in [3.8, 4) is 0 Å². The molecule has 0 saturated carbocycles. The number of nitrogens with zero attached hydrogens (tertiary/aromatic N) is 1. The molecule has 0 spiro atoms. The Balaban J connectivity index is 2.40. The van der Waals surface area contributed by atoms with Gasteiger partial charge in [-0.3, -0.25) is 5.41 Å². The number of anilines is 1. The number of hydrogen-bond acceptors (Lipinski definition) is 3.